The van der Waals surface area contributed by atoms with Crippen molar-refractivity contribution in [3.8, 4) is 6.07 Å². The zero-order valence-electron chi connectivity index (χ0n) is 32.3. The summed E-state index contributed by atoms with van der Waals surface area (Å²) in [6, 6.07) is 15.9. The Morgan fingerprint density at radius 1 is 0.810 bits per heavy atom. The molecule has 4 atom stereocenters. The molecule has 9 rings (SSSR count). The predicted molar refractivity (Wildman–Crippen MR) is 214 cm³/mol. The fourth-order valence-electron chi connectivity index (χ4n) is 10.2. The molecule has 5 fully saturated rings. The molecule has 2 aromatic carbocycles. The Balaban J connectivity index is 0.709. The van der Waals surface area contributed by atoms with Crippen LogP contribution in [0.1, 0.15) is 80.9 Å². The van der Waals surface area contributed by atoms with Gasteiger partial charge in [0.25, 0.3) is 17.7 Å². The summed E-state index contributed by atoms with van der Waals surface area (Å²) in [5.41, 5.74) is 3.55. The number of likely N-dealkylation sites (tertiary alicyclic amines) is 1. The number of anilines is 2. The van der Waals surface area contributed by atoms with Gasteiger partial charge in [0.05, 0.1) is 21.7 Å². The number of aromatic nitrogens is 2. The third kappa shape index (κ3) is 7.41. The van der Waals surface area contributed by atoms with Crippen LogP contribution < -0.4 is 15.1 Å². The molecule has 14 nitrogen and oxygen atoms in total. The molecule has 1 aromatic heterocycles. The summed E-state index contributed by atoms with van der Waals surface area (Å²) < 4.78 is 0. The highest BCUT2D eigenvalue weighted by atomic mass is 35.5. The van der Waals surface area contributed by atoms with Crippen molar-refractivity contribution in [3.05, 3.63) is 81.5 Å². The third-order valence-corrected chi connectivity index (χ3v) is 13.6. The van der Waals surface area contributed by atoms with Crippen molar-refractivity contribution in [2.45, 2.75) is 51.0 Å². The van der Waals surface area contributed by atoms with Gasteiger partial charge in [0.1, 0.15) is 12.1 Å². The standard InChI is InChI=1S/C43H46ClN9O5/c44-35-20-27(1-2-29(35)22-45)17-28-18-30-24-52(25-31(30)19-28)43(58)36-5-7-38(48-47-36)51-11-9-26(10-12-51)23-49-13-15-50(16-14-49)32-3-4-33-34(21-32)42(57)53(41(33)56)37-6-8-39(54)46-40(37)55/h1-5,7,20-21,26,28,30-31,37H,6,8-19,23-25H2,(H,46,54,55)/t28?,30-,31+,37?. The number of piperazine rings is 1. The molecule has 1 aliphatic carbocycles. The van der Waals surface area contributed by atoms with Crippen molar-refractivity contribution in [1.29, 1.82) is 5.26 Å². The van der Waals surface area contributed by atoms with E-state index in [1.54, 1.807) is 18.2 Å². The molecule has 0 bridgehead atoms. The van der Waals surface area contributed by atoms with E-state index < -0.39 is 29.7 Å². The first-order valence-electron chi connectivity index (χ1n) is 20.5. The van der Waals surface area contributed by atoms with Crippen molar-refractivity contribution in [3.63, 3.8) is 0 Å². The maximum atomic E-state index is 13.4. The highest BCUT2D eigenvalue weighted by Crippen LogP contribution is 2.43. The average Bonchev–Trinajstić information content (AvgIpc) is 3.88. The number of carbonyl (C=O) groups is 5. The van der Waals surface area contributed by atoms with E-state index in [0.29, 0.717) is 51.1 Å². The minimum Gasteiger partial charge on any atom is -0.369 e. The molecule has 2 unspecified atom stereocenters. The summed E-state index contributed by atoms with van der Waals surface area (Å²) in [4.78, 5) is 73.9. The minimum atomic E-state index is -0.973. The quantitative estimate of drug-likeness (QED) is 0.330. The van der Waals surface area contributed by atoms with Gasteiger partial charge in [-0.2, -0.15) is 5.26 Å². The first-order valence-corrected chi connectivity index (χ1v) is 20.9. The number of hydrogen-bond donors (Lipinski definition) is 1. The molecule has 3 aromatic rings. The molecule has 0 spiro atoms. The van der Waals surface area contributed by atoms with E-state index >= 15 is 0 Å². The van der Waals surface area contributed by atoms with E-state index in [-0.39, 0.29) is 18.7 Å². The second-order valence-electron chi connectivity index (χ2n) is 16.9. The number of rotatable bonds is 8. The van der Waals surface area contributed by atoms with Gasteiger partial charge in [-0.3, -0.25) is 39.1 Å². The van der Waals surface area contributed by atoms with Gasteiger partial charge in [0.15, 0.2) is 11.5 Å². The van der Waals surface area contributed by atoms with Crippen LogP contribution in [0.5, 0.6) is 0 Å². The third-order valence-electron chi connectivity index (χ3n) is 13.3. The number of nitrogens with zero attached hydrogens (tertiary/aromatic N) is 8. The normalized spacial score (nSPS) is 25.2. The van der Waals surface area contributed by atoms with E-state index in [2.05, 4.69) is 36.3 Å². The largest absolute Gasteiger partial charge is 0.369 e. The van der Waals surface area contributed by atoms with Crippen LogP contribution in [0.4, 0.5) is 11.5 Å². The van der Waals surface area contributed by atoms with Crippen LogP contribution in [0.3, 0.4) is 0 Å². The molecule has 6 aliphatic rings. The summed E-state index contributed by atoms with van der Waals surface area (Å²) in [6.45, 7) is 7.67. The lowest BCUT2D eigenvalue weighted by Crippen LogP contribution is -2.54. The highest BCUT2D eigenvalue weighted by Gasteiger charge is 2.45. The summed E-state index contributed by atoms with van der Waals surface area (Å²) >= 11 is 6.26. The number of benzene rings is 2. The number of nitriles is 1. The lowest BCUT2D eigenvalue weighted by atomic mass is 9.95. The molecule has 5 amide bonds. The number of fused-ring (bicyclic) bond motifs is 2. The molecular formula is C43H46ClN9O5. The van der Waals surface area contributed by atoms with Gasteiger partial charge in [-0.1, -0.05) is 17.7 Å². The smallest absolute Gasteiger partial charge is 0.274 e. The maximum Gasteiger partial charge on any atom is 0.274 e. The van der Waals surface area contributed by atoms with Crippen LogP contribution in [0.15, 0.2) is 48.5 Å². The van der Waals surface area contributed by atoms with Gasteiger partial charge in [-0.05, 0) is 110 Å². The van der Waals surface area contributed by atoms with E-state index in [4.69, 9.17) is 16.9 Å². The molecule has 1 N–H and O–H groups in total. The average molecular weight is 804 g/mol. The maximum absolute atomic E-state index is 13.4. The fourth-order valence-corrected chi connectivity index (χ4v) is 10.4. The van der Waals surface area contributed by atoms with Gasteiger partial charge in [0.2, 0.25) is 11.8 Å². The predicted octanol–water partition coefficient (Wildman–Crippen LogP) is 3.78. The zero-order valence-corrected chi connectivity index (χ0v) is 33.1. The van der Waals surface area contributed by atoms with E-state index in [0.717, 1.165) is 113 Å². The van der Waals surface area contributed by atoms with Crippen LogP contribution in [-0.2, 0) is 16.0 Å². The molecule has 0 radical (unpaired) electrons. The summed E-state index contributed by atoms with van der Waals surface area (Å²) in [7, 11) is 0. The van der Waals surface area contributed by atoms with Crippen LogP contribution in [0.25, 0.3) is 0 Å². The van der Waals surface area contributed by atoms with E-state index in [1.807, 2.05) is 35.2 Å². The molecule has 5 aliphatic heterocycles. The lowest BCUT2D eigenvalue weighted by Gasteiger charge is -2.39. The molecule has 58 heavy (non-hydrogen) atoms. The van der Waals surface area contributed by atoms with Crippen molar-refractivity contribution >= 4 is 52.6 Å². The van der Waals surface area contributed by atoms with Gasteiger partial charge in [0, 0.05) is 71.0 Å². The Morgan fingerprint density at radius 2 is 1.55 bits per heavy atom. The van der Waals surface area contributed by atoms with Crippen LogP contribution in [0.2, 0.25) is 5.02 Å². The van der Waals surface area contributed by atoms with Gasteiger partial charge >= 0.3 is 0 Å². The topological polar surface area (TPSA) is 163 Å². The van der Waals surface area contributed by atoms with Crippen molar-refractivity contribution in [2.75, 3.05) is 68.7 Å². The molecule has 300 valence electrons. The summed E-state index contributed by atoms with van der Waals surface area (Å²) in [5, 5.41) is 20.8. The van der Waals surface area contributed by atoms with Gasteiger partial charge < -0.3 is 14.7 Å². The second-order valence-corrected chi connectivity index (χ2v) is 17.3. The first kappa shape index (κ1) is 38.1. The van der Waals surface area contributed by atoms with Crippen LogP contribution >= 0.6 is 11.6 Å². The zero-order chi connectivity index (χ0) is 40.1. The Hall–Kier alpha value is -5.39. The van der Waals surface area contributed by atoms with Crippen molar-refractivity contribution in [1.82, 2.24) is 30.2 Å². The van der Waals surface area contributed by atoms with Crippen molar-refractivity contribution < 1.29 is 24.0 Å². The van der Waals surface area contributed by atoms with Crippen molar-refractivity contribution in [2.24, 2.45) is 23.7 Å². The monoisotopic (exact) mass is 803 g/mol. The Kier molecular flexibility index (Phi) is 10.4. The summed E-state index contributed by atoms with van der Waals surface area (Å²) in [6.07, 6.45) is 5.43. The minimum absolute atomic E-state index is 0.0427. The highest BCUT2D eigenvalue weighted by molar-refractivity contribution is 6.31. The number of carbonyl (C=O) groups excluding carboxylic acids is 5. The summed E-state index contributed by atoms with van der Waals surface area (Å²) in [5.74, 6) is 0.893. The number of piperidine rings is 2. The number of imide groups is 2. The van der Waals surface area contributed by atoms with E-state index in [1.165, 1.54) is 0 Å². The van der Waals surface area contributed by atoms with Gasteiger partial charge in [-0.25, -0.2) is 0 Å². The number of hydrogen-bond acceptors (Lipinski definition) is 11. The van der Waals surface area contributed by atoms with Gasteiger partial charge in [-0.15, -0.1) is 10.2 Å². The Bertz CT molecular complexity index is 2180. The SMILES string of the molecule is N#Cc1ccc(CC2C[C@@H]3CN(C(=O)c4ccc(N5CCC(CN6CCN(c7ccc8c(c7)C(=O)N(C7CCC(=O)NC7=O)C8=O)CC6)CC5)nn4)C[C@@H]3C2)cc1Cl. The number of amides is 5. The number of nitrogens with one attached hydrogen (secondary N) is 1. The lowest BCUT2D eigenvalue weighted by molar-refractivity contribution is -0.136. The molecule has 1 saturated carbocycles. The number of halogens is 1. The van der Waals surface area contributed by atoms with Crippen LogP contribution in [0, 0.1) is 35.0 Å². The Labute approximate surface area is 342 Å². The molecular weight excluding hydrogens is 758 g/mol. The first-order chi connectivity index (χ1) is 28.1. The van der Waals surface area contributed by atoms with Crippen LogP contribution in [-0.4, -0.2) is 119 Å². The Morgan fingerprint density at radius 3 is 2.22 bits per heavy atom. The molecule has 4 saturated heterocycles. The van der Waals surface area contributed by atoms with E-state index in [9.17, 15) is 24.0 Å². The molecule has 6 heterocycles. The molecule has 15 heteroatoms. The fraction of sp³-hybridized carbons (Fsp3) is 0.488. The second kappa shape index (κ2) is 15.8.